The number of hydrogen-bond donors (Lipinski definition) is 1. The number of nitrogens with zero attached hydrogens (tertiary/aromatic N) is 2. The van der Waals surface area contributed by atoms with Crippen molar-refractivity contribution in [3.8, 4) is 0 Å². The van der Waals surface area contributed by atoms with Crippen LogP contribution in [0.5, 0.6) is 0 Å². The van der Waals surface area contributed by atoms with Gasteiger partial charge >= 0.3 is 5.97 Å². The SMILES string of the molecule is CCCN(Cc1cnccc1C)C1COCC1C(=O)O. The number of aryl methyl sites for hydroxylation is 1. The lowest BCUT2D eigenvalue weighted by Crippen LogP contribution is -2.43. The van der Waals surface area contributed by atoms with Crippen molar-refractivity contribution in [2.24, 2.45) is 5.92 Å². The maximum atomic E-state index is 11.3. The Kier molecular flexibility index (Phi) is 5.09. The van der Waals surface area contributed by atoms with Crippen LogP contribution in [0.2, 0.25) is 0 Å². The number of carboxylic acid groups (broad SMARTS) is 1. The van der Waals surface area contributed by atoms with Crippen LogP contribution in [0.4, 0.5) is 0 Å². The topological polar surface area (TPSA) is 62.7 Å². The van der Waals surface area contributed by atoms with Gasteiger partial charge in [-0.05, 0) is 37.1 Å². The van der Waals surface area contributed by atoms with E-state index in [4.69, 9.17) is 4.74 Å². The average molecular weight is 278 g/mol. The molecule has 0 radical (unpaired) electrons. The quantitative estimate of drug-likeness (QED) is 0.858. The molecule has 1 aromatic heterocycles. The molecule has 0 aromatic carbocycles. The van der Waals surface area contributed by atoms with E-state index in [2.05, 4.69) is 23.7 Å². The fraction of sp³-hybridized carbons (Fsp3) is 0.600. The van der Waals surface area contributed by atoms with Crippen LogP contribution in [0.3, 0.4) is 0 Å². The molecule has 2 heterocycles. The zero-order valence-electron chi connectivity index (χ0n) is 12.1. The molecule has 1 aliphatic rings. The Bertz CT molecular complexity index is 464. The van der Waals surface area contributed by atoms with Crippen molar-refractivity contribution in [1.29, 1.82) is 0 Å². The normalized spacial score (nSPS) is 22.4. The van der Waals surface area contributed by atoms with E-state index in [1.54, 1.807) is 6.20 Å². The summed E-state index contributed by atoms with van der Waals surface area (Å²) in [6.45, 7) is 6.57. The Balaban J connectivity index is 2.14. The summed E-state index contributed by atoms with van der Waals surface area (Å²) in [4.78, 5) is 17.7. The number of carboxylic acids is 1. The van der Waals surface area contributed by atoms with E-state index < -0.39 is 11.9 Å². The van der Waals surface area contributed by atoms with Crippen LogP contribution in [-0.4, -0.2) is 46.8 Å². The van der Waals surface area contributed by atoms with Gasteiger partial charge in [0, 0.05) is 25.0 Å². The lowest BCUT2D eigenvalue weighted by Gasteiger charge is -2.30. The molecule has 2 atom stereocenters. The Hall–Kier alpha value is -1.46. The zero-order chi connectivity index (χ0) is 14.5. The minimum atomic E-state index is -0.767. The van der Waals surface area contributed by atoms with Crippen LogP contribution in [-0.2, 0) is 16.1 Å². The lowest BCUT2D eigenvalue weighted by atomic mass is 10.0. The Morgan fingerprint density at radius 1 is 1.55 bits per heavy atom. The Morgan fingerprint density at radius 2 is 2.35 bits per heavy atom. The second-order valence-corrected chi connectivity index (χ2v) is 5.32. The first-order valence-corrected chi connectivity index (χ1v) is 7.07. The fourth-order valence-corrected chi connectivity index (χ4v) is 2.67. The smallest absolute Gasteiger partial charge is 0.310 e. The third-order valence-corrected chi connectivity index (χ3v) is 3.87. The van der Waals surface area contributed by atoms with Crippen molar-refractivity contribution in [2.45, 2.75) is 32.9 Å². The van der Waals surface area contributed by atoms with Crippen molar-refractivity contribution < 1.29 is 14.6 Å². The molecule has 0 bridgehead atoms. The van der Waals surface area contributed by atoms with Crippen LogP contribution >= 0.6 is 0 Å². The number of rotatable bonds is 6. The van der Waals surface area contributed by atoms with E-state index in [-0.39, 0.29) is 6.04 Å². The number of hydrogen-bond acceptors (Lipinski definition) is 4. The first-order chi connectivity index (χ1) is 9.63. The molecule has 1 fully saturated rings. The maximum absolute atomic E-state index is 11.3. The van der Waals surface area contributed by atoms with Gasteiger partial charge in [0.1, 0.15) is 0 Å². The van der Waals surface area contributed by atoms with E-state index in [1.807, 2.05) is 12.3 Å². The van der Waals surface area contributed by atoms with Crippen molar-refractivity contribution >= 4 is 5.97 Å². The molecule has 5 heteroatoms. The predicted octanol–water partition coefficient (Wildman–Crippen LogP) is 1.70. The largest absolute Gasteiger partial charge is 0.481 e. The monoisotopic (exact) mass is 278 g/mol. The first-order valence-electron chi connectivity index (χ1n) is 7.07. The third-order valence-electron chi connectivity index (χ3n) is 3.87. The highest BCUT2D eigenvalue weighted by molar-refractivity contribution is 5.71. The molecule has 5 nitrogen and oxygen atoms in total. The number of pyridine rings is 1. The molecular formula is C15H22N2O3. The van der Waals surface area contributed by atoms with Gasteiger partial charge in [0.2, 0.25) is 0 Å². The average Bonchev–Trinajstić information content (AvgIpc) is 2.90. The van der Waals surface area contributed by atoms with Crippen LogP contribution in [0.25, 0.3) is 0 Å². The molecule has 2 unspecified atom stereocenters. The van der Waals surface area contributed by atoms with Gasteiger partial charge in [-0.2, -0.15) is 0 Å². The molecule has 1 aliphatic heterocycles. The standard InChI is InChI=1S/C15H22N2O3/c1-3-6-17(8-12-7-16-5-4-11(12)2)14-10-20-9-13(14)15(18)19/h4-5,7,13-14H,3,6,8-10H2,1-2H3,(H,18,19). The van der Waals surface area contributed by atoms with Crippen molar-refractivity contribution in [3.05, 3.63) is 29.6 Å². The minimum absolute atomic E-state index is 0.0490. The molecule has 1 aromatic rings. The van der Waals surface area contributed by atoms with Crippen LogP contribution in [0.1, 0.15) is 24.5 Å². The summed E-state index contributed by atoms with van der Waals surface area (Å²) in [6, 6.07) is 1.94. The molecule has 0 spiro atoms. The van der Waals surface area contributed by atoms with Gasteiger partial charge in [-0.3, -0.25) is 14.7 Å². The second kappa shape index (κ2) is 6.81. The number of aromatic nitrogens is 1. The molecule has 0 saturated carbocycles. The van der Waals surface area contributed by atoms with Crippen LogP contribution < -0.4 is 0 Å². The summed E-state index contributed by atoms with van der Waals surface area (Å²) in [7, 11) is 0. The summed E-state index contributed by atoms with van der Waals surface area (Å²) in [6.07, 6.45) is 4.63. The number of aliphatic carboxylic acids is 1. The molecule has 1 N–H and O–H groups in total. The minimum Gasteiger partial charge on any atom is -0.481 e. The zero-order valence-corrected chi connectivity index (χ0v) is 12.1. The van der Waals surface area contributed by atoms with E-state index >= 15 is 0 Å². The van der Waals surface area contributed by atoms with Gasteiger partial charge in [0.05, 0.1) is 19.1 Å². The molecule has 1 saturated heterocycles. The molecule has 0 amide bonds. The van der Waals surface area contributed by atoms with Crippen LogP contribution in [0, 0.1) is 12.8 Å². The van der Waals surface area contributed by atoms with E-state index in [0.29, 0.717) is 13.2 Å². The van der Waals surface area contributed by atoms with Crippen molar-refractivity contribution in [1.82, 2.24) is 9.88 Å². The summed E-state index contributed by atoms with van der Waals surface area (Å²) < 4.78 is 5.39. The van der Waals surface area contributed by atoms with Gasteiger partial charge in [-0.25, -0.2) is 0 Å². The molecular weight excluding hydrogens is 256 g/mol. The predicted molar refractivity (Wildman–Crippen MR) is 75.4 cm³/mol. The number of carbonyl (C=O) groups is 1. The first kappa shape index (κ1) is 14.9. The molecule has 0 aliphatic carbocycles. The Morgan fingerprint density at radius 3 is 3.00 bits per heavy atom. The van der Waals surface area contributed by atoms with Crippen molar-refractivity contribution in [3.63, 3.8) is 0 Å². The fourth-order valence-electron chi connectivity index (χ4n) is 2.67. The second-order valence-electron chi connectivity index (χ2n) is 5.32. The number of ether oxygens (including phenoxy) is 1. The summed E-state index contributed by atoms with van der Waals surface area (Å²) in [5.74, 6) is -1.20. The van der Waals surface area contributed by atoms with E-state index in [9.17, 15) is 9.90 Å². The molecule has 2 rings (SSSR count). The molecule has 110 valence electrons. The van der Waals surface area contributed by atoms with Gasteiger partial charge in [0.25, 0.3) is 0 Å². The lowest BCUT2D eigenvalue weighted by molar-refractivity contribution is -0.143. The molecule has 20 heavy (non-hydrogen) atoms. The highest BCUT2D eigenvalue weighted by atomic mass is 16.5. The van der Waals surface area contributed by atoms with E-state index in [1.165, 1.54) is 5.56 Å². The van der Waals surface area contributed by atoms with Gasteiger partial charge in [-0.1, -0.05) is 6.92 Å². The van der Waals surface area contributed by atoms with Gasteiger partial charge < -0.3 is 9.84 Å². The van der Waals surface area contributed by atoms with Gasteiger partial charge in [-0.15, -0.1) is 0 Å². The van der Waals surface area contributed by atoms with Crippen LogP contribution in [0.15, 0.2) is 18.5 Å². The van der Waals surface area contributed by atoms with Crippen molar-refractivity contribution in [2.75, 3.05) is 19.8 Å². The van der Waals surface area contributed by atoms with Gasteiger partial charge in [0.15, 0.2) is 0 Å². The third kappa shape index (κ3) is 3.35. The Labute approximate surface area is 119 Å². The van der Waals surface area contributed by atoms with E-state index in [0.717, 1.165) is 25.1 Å². The highest BCUT2D eigenvalue weighted by Gasteiger charge is 2.37. The summed E-state index contributed by atoms with van der Waals surface area (Å²) >= 11 is 0. The summed E-state index contributed by atoms with van der Waals surface area (Å²) in [5, 5.41) is 9.30. The highest BCUT2D eigenvalue weighted by Crippen LogP contribution is 2.23. The maximum Gasteiger partial charge on any atom is 0.310 e. The summed E-state index contributed by atoms with van der Waals surface area (Å²) in [5.41, 5.74) is 2.34.